The van der Waals surface area contributed by atoms with Gasteiger partial charge in [-0.1, -0.05) is 18.6 Å². The summed E-state index contributed by atoms with van der Waals surface area (Å²) in [5.74, 6) is 0.875. The first kappa shape index (κ1) is 10.4. The van der Waals surface area contributed by atoms with E-state index in [1.165, 1.54) is 19.3 Å². The Bertz CT molecular complexity index is 341. The summed E-state index contributed by atoms with van der Waals surface area (Å²) >= 11 is 4.90. The van der Waals surface area contributed by atoms with E-state index >= 15 is 0 Å². The third-order valence-corrected chi connectivity index (χ3v) is 3.22. The molecular formula is C12H16N2S. The van der Waals surface area contributed by atoms with Gasteiger partial charge in [0, 0.05) is 17.8 Å². The minimum atomic E-state index is 0.459. The van der Waals surface area contributed by atoms with E-state index in [4.69, 9.17) is 18.0 Å². The Balaban J connectivity index is 1.88. The molecular weight excluding hydrogens is 204 g/mol. The molecule has 0 aromatic heterocycles. The zero-order valence-electron chi connectivity index (χ0n) is 8.70. The van der Waals surface area contributed by atoms with Gasteiger partial charge in [-0.05, 0) is 43.0 Å². The van der Waals surface area contributed by atoms with Gasteiger partial charge < -0.3 is 11.1 Å². The van der Waals surface area contributed by atoms with Crippen LogP contribution in [0.15, 0.2) is 24.3 Å². The van der Waals surface area contributed by atoms with Crippen LogP contribution in [0.1, 0.15) is 24.8 Å². The van der Waals surface area contributed by atoms with Gasteiger partial charge in [0.15, 0.2) is 0 Å². The Kier molecular flexibility index (Phi) is 3.21. The minimum Gasteiger partial charge on any atom is -0.389 e. The third-order valence-electron chi connectivity index (χ3n) is 2.99. The number of thiocarbonyl (C=S) groups is 1. The van der Waals surface area contributed by atoms with Crippen molar-refractivity contribution in [1.29, 1.82) is 0 Å². The van der Waals surface area contributed by atoms with Gasteiger partial charge in [-0.3, -0.25) is 0 Å². The molecule has 0 spiro atoms. The second kappa shape index (κ2) is 4.62. The fourth-order valence-corrected chi connectivity index (χ4v) is 1.85. The van der Waals surface area contributed by atoms with Crippen molar-refractivity contribution in [3.05, 3.63) is 29.8 Å². The van der Waals surface area contributed by atoms with Gasteiger partial charge in [0.2, 0.25) is 0 Å². The molecule has 1 aliphatic carbocycles. The summed E-state index contributed by atoms with van der Waals surface area (Å²) in [6.45, 7) is 1.09. The maximum Gasteiger partial charge on any atom is 0.103 e. The van der Waals surface area contributed by atoms with E-state index in [2.05, 4.69) is 5.32 Å². The highest BCUT2D eigenvalue weighted by atomic mass is 32.1. The molecule has 2 rings (SSSR count). The van der Waals surface area contributed by atoms with Crippen LogP contribution in [0.2, 0.25) is 0 Å². The van der Waals surface area contributed by atoms with Crippen molar-refractivity contribution >= 4 is 22.9 Å². The van der Waals surface area contributed by atoms with E-state index in [1.807, 2.05) is 24.3 Å². The molecule has 3 N–H and O–H groups in total. The molecule has 80 valence electrons. The highest BCUT2D eigenvalue weighted by Crippen LogP contribution is 2.26. The molecule has 15 heavy (non-hydrogen) atoms. The van der Waals surface area contributed by atoms with Crippen LogP contribution in [0.3, 0.4) is 0 Å². The van der Waals surface area contributed by atoms with Gasteiger partial charge in [0.05, 0.1) is 0 Å². The summed E-state index contributed by atoms with van der Waals surface area (Å²) in [6.07, 6.45) is 4.14. The second-order valence-electron chi connectivity index (χ2n) is 4.12. The molecule has 0 unspecified atom stereocenters. The first-order valence-corrected chi connectivity index (χ1v) is 5.80. The van der Waals surface area contributed by atoms with E-state index in [9.17, 15) is 0 Å². The zero-order chi connectivity index (χ0) is 10.7. The van der Waals surface area contributed by atoms with Gasteiger partial charge in [-0.15, -0.1) is 0 Å². The van der Waals surface area contributed by atoms with Gasteiger partial charge >= 0.3 is 0 Å². The lowest BCUT2D eigenvalue weighted by Gasteiger charge is -2.25. The Morgan fingerprint density at radius 2 is 2.00 bits per heavy atom. The lowest BCUT2D eigenvalue weighted by atomic mass is 9.85. The topological polar surface area (TPSA) is 38.0 Å². The van der Waals surface area contributed by atoms with Crippen molar-refractivity contribution in [2.75, 3.05) is 11.9 Å². The van der Waals surface area contributed by atoms with Crippen LogP contribution < -0.4 is 11.1 Å². The van der Waals surface area contributed by atoms with Gasteiger partial charge in [-0.2, -0.15) is 0 Å². The Morgan fingerprint density at radius 1 is 1.33 bits per heavy atom. The Morgan fingerprint density at radius 3 is 2.47 bits per heavy atom. The number of hydrogen-bond donors (Lipinski definition) is 2. The maximum absolute atomic E-state index is 5.53. The molecule has 0 saturated heterocycles. The number of nitrogens with one attached hydrogen (secondary N) is 1. The smallest absolute Gasteiger partial charge is 0.103 e. The van der Waals surface area contributed by atoms with E-state index in [1.54, 1.807) is 0 Å². The average Bonchev–Trinajstić information content (AvgIpc) is 2.16. The van der Waals surface area contributed by atoms with Crippen molar-refractivity contribution in [2.24, 2.45) is 11.7 Å². The fraction of sp³-hybridized carbons (Fsp3) is 0.417. The normalized spacial score (nSPS) is 15.7. The van der Waals surface area contributed by atoms with E-state index in [0.717, 1.165) is 23.7 Å². The summed E-state index contributed by atoms with van der Waals surface area (Å²) in [7, 11) is 0. The van der Waals surface area contributed by atoms with Crippen molar-refractivity contribution in [3.63, 3.8) is 0 Å². The molecule has 0 amide bonds. The standard InChI is InChI=1S/C12H16N2S/c13-12(15)10-4-6-11(7-5-10)14-8-9-2-1-3-9/h4-7,9,14H,1-3,8H2,(H2,13,15). The number of nitrogens with two attached hydrogens (primary N) is 1. The molecule has 0 bridgehead atoms. The van der Waals surface area contributed by atoms with Gasteiger partial charge in [0.1, 0.15) is 4.99 Å². The summed E-state index contributed by atoms with van der Waals surface area (Å²) in [5, 5.41) is 3.43. The number of rotatable bonds is 4. The van der Waals surface area contributed by atoms with Crippen molar-refractivity contribution < 1.29 is 0 Å². The van der Waals surface area contributed by atoms with Gasteiger partial charge in [0.25, 0.3) is 0 Å². The minimum absolute atomic E-state index is 0.459. The van der Waals surface area contributed by atoms with E-state index < -0.39 is 0 Å². The summed E-state index contributed by atoms with van der Waals surface area (Å²) in [5.41, 5.74) is 7.61. The molecule has 2 nitrogen and oxygen atoms in total. The second-order valence-corrected chi connectivity index (χ2v) is 4.56. The molecule has 0 aliphatic heterocycles. The molecule has 1 aliphatic rings. The third kappa shape index (κ3) is 2.69. The van der Waals surface area contributed by atoms with Crippen LogP contribution in [0, 0.1) is 5.92 Å². The highest BCUT2D eigenvalue weighted by Gasteiger charge is 2.16. The summed E-state index contributed by atoms with van der Waals surface area (Å²) in [4.78, 5) is 0.459. The predicted molar refractivity (Wildman–Crippen MR) is 68.2 cm³/mol. The molecule has 1 fully saturated rings. The largest absolute Gasteiger partial charge is 0.389 e. The lowest BCUT2D eigenvalue weighted by Crippen LogP contribution is -2.20. The number of hydrogen-bond acceptors (Lipinski definition) is 2. The van der Waals surface area contributed by atoms with Crippen molar-refractivity contribution in [1.82, 2.24) is 0 Å². The molecule has 3 heteroatoms. The predicted octanol–water partition coefficient (Wildman–Crippen LogP) is 2.53. The molecule has 0 heterocycles. The average molecular weight is 220 g/mol. The molecule has 1 saturated carbocycles. The van der Waals surface area contributed by atoms with Crippen LogP contribution in [-0.4, -0.2) is 11.5 Å². The van der Waals surface area contributed by atoms with Gasteiger partial charge in [-0.25, -0.2) is 0 Å². The van der Waals surface area contributed by atoms with Crippen molar-refractivity contribution in [3.8, 4) is 0 Å². The van der Waals surface area contributed by atoms with Crippen LogP contribution >= 0.6 is 12.2 Å². The van der Waals surface area contributed by atoms with Crippen LogP contribution in [0.4, 0.5) is 5.69 Å². The van der Waals surface area contributed by atoms with E-state index in [0.29, 0.717) is 4.99 Å². The molecule has 0 radical (unpaired) electrons. The number of anilines is 1. The SMILES string of the molecule is NC(=S)c1ccc(NCC2CCC2)cc1. The monoisotopic (exact) mass is 220 g/mol. The van der Waals surface area contributed by atoms with E-state index in [-0.39, 0.29) is 0 Å². The highest BCUT2D eigenvalue weighted by molar-refractivity contribution is 7.80. The Labute approximate surface area is 95.9 Å². The zero-order valence-corrected chi connectivity index (χ0v) is 9.52. The summed E-state index contributed by atoms with van der Waals surface area (Å²) < 4.78 is 0. The number of benzene rings is 1. The van der Waals surface area contributed by atoms with Crippen LogP contribution in [0.5, 0.6) is 0 Å². The van der Waals surface area contributed by atoms with Crippen LogP contribution in [-0.2, 0) is 0 Å². The summed E-state index contributed by atoms with van der Waals surface area (Å²) in [6, 6.07) is 8.00. The molecule has 1 aromatic carbocycles. The Hall–Kier alpha value is -1.09. The molecule has 1 aromatic rings. The lowest BCUT2D eigenvalue weighted by molar-refractivity contribution is 0.333. The fourth-order valence-electron chi connectivity index (χ4n) is 1.71. The molecule has 0 atom stereocenters. The van der Waals surface area contributed by atoms with Crippen molar-refractivity contribution in [2.45, 2.75) is 19.3 Å². The quantitative estimate of drug-likeness (QED) is 0.766. The first-order chi connectivity index (χ1) is 7.25. The first-order valence-electron chi connectivity index (χ1n) is 5.39. The maximum atomic E-state index is 5.53. The van der Waals surface area contributed by atoms with Crippen LogP contribution in [0.25, 0.3) is 0 Å².